The number of hydrogen-bond acceptors (Lipinski definition) is 4. The van der Waals surface area contributed by atoms with Gasteiger partial charge in [-0.2, -0.15) is 0 Å². The molecule has 2 aromatic carbocycles. The van der Waals surface area contributed by atoms with Crippen molar-refractivity contribution in [1.29, 1.82) is 5.26 Å². The maximum absolute atomic E-state index is 9.45. The Bertz CT molecular complexity index is 1060. The molecule has 3 rings (SSSR count). The van der Waals surface area contributed by atoms with Crippen LogP contribution in [0.4, 0.5) is 0 Å². The van der Waals surface area contributed by atoms with Gasteiger partial charge in [-0.3, -0.25) is 0 Å². The summed E-state index contributed by atoms with van der Waals surface area (Å²) in [5.74, 6) is 0. The van der Waals surface area contributed by atoms with Gasteiger partial charge < -0.3 is 4.65 Å². The predicted molar refractivity (Wildman–Crippen MR) is 151 cm³/mol. The zero-order valence-corrected chi connectivity index (χ0v) is 26.9. The van der Waals surface area contributed by atoms with Crippen molar-refractivity contribution in [3.8, 4) is 6.07 Å². The molecule has 0 spiro atoms. The molecule has 3 radical (unpaired) electrons. The van der Waals surface area contributed by atoms with E-state index in [9.17, 15) is 5.26 Å². The van der Waals surface area contributed by atoms with E-state index in [-0.39, 0.29) is 11.6 Å². The molecule has 1 atom stereocenters. The topological polar surface area (TPSA) is 45.4 Å². The Morgan fingerprint density at radius 3 is 2.30 bits per heavy atom. The number of aliphatic imine (C=N–C) groups is 1. The number of fused-ring (bicyclic) bond motifs is 1. The van der Waals surface area contributed by atoms with Crippen molar-refractivity contribution in [2.75, 3.05) is 0 Å². The number of benzene rings is 2. The van der Waals surface area contributed by atoms with Gasteiger partial charge in [0, 0.05) is 5.60 Å². The fourth-order valence-electron chi connectivity index (χ4n) is 3.06. The van der Waals surface area contributed by atoms with Crippen molar-refractivity contribution in [1.82, 2.24) is 0 Å². The summed E-state index contributed by atoms with van der Waals surface area (Å²) in [6.07, 6.45) is 0.651. The summed E-state index contributed by atoms with van der Waals surface area (Å²) in [4.78, 5) is 4.66. The van der Waals surface area contributed by atoms with Gasteiger partial charge in [-0.25, -0.2) is 0 Å². The molecule has 1 heterocycles. The van der Waals surface area contributed by atoms with Crippen LogP contribution in [0, 0.1) is 11.3 Å². The predicted octanol–water partition coefficient (Wildman–Crippen LogP) is 7.79. The van der Waals surface area contributed by atoms with Crippen LogP contribution < -0.4 is 0 Å². The van der Waals surface area contributed by atoms with Gasteiger partial charge in [0.15, 0.2) is 0 Å². The van der Waals surface area contributed by atoms with Gasteiger partial charge in [-0.15, -0.1) is 0 Å². The molecule has 7 heteroatoms. The zero-order chi connectivity index (χ0) is 25.0. The molecule has 0 aliphatic rings. The molecule has 0 saturated carbocycles. The third kappa shape index (κ3) is 11.8. The molecular weight excluding hydrogens is 686 g/mol. The summed E-state index contributed by atoms with van der Waals surface area (Å²) >= 11 is 6.07. The van der Waals surface area contributed by atoms with Crippen LogP contribution in [0.1, 0.15) is 45.7 Å². The van der Waals surface area contributed by atoms with E-state index >= 15 is 0 Å². The van der Waals surface area contributed by atoms with Crippen molar-refractivity contribution < 1.29 is 4.65 Å². The minimum absolute atomic E-state index is 0.0220. The van der Waals surface area contributed by atoms with E-state index < -0.39 is 0 Å². The van der Waals surface area contributed by atoms with Gasteiger partial charge in [0.25, 0.3) is 6.92 Å². The van der Waals surface area contributed by atoms with Gasteiger partial charge in [-0.1, -0.05) is 27.5 Å². The van der Waals surface area contributed by atoms with Crippen molar-refractivity contribution in [2.24, 2.45) is 4.99 Å². The van der Waals surface area contributed by atoms with Crippen molar-refractivity contribution in [3.63, 3.8) is 0 Å². The molecule has 3 nitrogen and oxygen atoms in total. The average Bonchev–Trinajstić information content (AvgIpc) is 3.13. The molecule has 3 aromatic rings. The molecule has 0 aliphatic heterocycles. The molecule has 0 fully saturated rings. The molecule has 0 saturated heterocycles. The molecule has 0 bridgehead atoms. The number of thiophene rings is 1. The van der Waals surface area contributed by atoms with Crippen molar-refractivity contribution in [2.45, 2.75) is 66.3 Å². The van der Waals surface area contributed by atoms with Crippen LogP contribution in [0.5, 0.6) is 0 Å². The van der Waals surface area contributed by atoms with Crippen LogP contribution >= 0.6 is 27.3 Å². The number of nitrogens with zero attached hydrogens (tertiary/aromatic N) is 2. The number of rotatable bonds is 5. The second-order valence-corrected chi connectivity index (χ2v) is 12.7. The van der Waals surface area contributed by atoms with E-state index in [1.807, 2.05) is 45.7 Å². The fraction of sp³-hybridized carbons (Fsp3) is 0.385. The van der Waals surface area contributed by atoms with Gasteiger partial charge in [-0.05, 0) is 20.8 Å². The fourth-order valence-corrected chi connectivity index (χ4v) is 5.86. The SMILES string of the molecule is CB(C)OC(C)(C)C.CC.N#CC(Cc1ccc2sc(Br)cc2c1)N=[C]([Pb])c1ccccc1. The first kappa shape index (κ1) is 30.0. The Morgan fingerprint density at radius 1 is 1.15 bits per heavy atom. The van der Waals surface area contributed by atoms with Crippen LogP contribution in [0.2, 0.25) is 13.6 Å². The van der Waals surface area contributed by atoms with Crippen LogP contribution in [0.25, 0.3) is 10.1 Å². The Hall–Kier alpha value is -1.01. The Labute approximate surface area is 228 Å². The van der Waals surface area contributed by atoms with E-state index in [1.54, 1.807) is 11.3 Å². The Kier molecular flexibility index (Phi) is 13.7. The molecule has 33 heavy (non-hydrogen) atoms. The van der Waals surface area contributed by atoms with Crippen LogP contribution in [-0.4, -0.2) is 47.6 Å². The second-order valence-electron chi connectivity index (χ2n) is 8.39. The monoisotopic (exact) mass is 719 g/mol. The standard InChI is InChI=1S/C18H12BrN2S.C6H15BO.C2H6.Pb/c19-18-10-15-8-14(6-7-17(15)22-18)9-16(11-20)21-12-13-4-2-1-3-5-13;1-6(2,3)8-7(4)5;1-2;/h1-8,10,16H,9H2;1-5H3;1-2H3;. The van der Waals surface area contributed by atoms with E-state index in [0.29, 0.717) is 13.3 Å². The summed E-state index contributed by atoms with van der Waals surface area (Å²) in [7, 11) is 0. The zero-order valence-electron chi connectivity index (χ0n) is 20.6. The minimum atomic E-state index is -0.331. The van der Waals surface area contributed by atoms with Crippen molar-refractivity contribution in [3.05, 3.63) is 69.5 Å². The van der Waals surface area contributed by atoms with E-state index in [0.717, 1.165) is 44.0 Å². The van der Waals surface area contributed by atoms with Gasteiger partial charge in [0.1, 0.15) is 0 Å². The quantitative estimate of drug-likeness (QED) is 0.200. The van der Waals surface area contributed by atoms with E-state index in [4.69, 9.17) is 4.65 Å². The van der Waals surface area contributed by atoms with Crippen molar-refractivity contribution >= 4 is 73.3 Å². The molecule has 0 N–H and O–H groups in total. The molecule has 1 aromatic heterocycles. The number of hydrogen-bond donors (Lipinski definition) is 0. The van der Waals surface area contributed by atoms with Crippen LogP contribution in [0.15, 0.2) is 63.4 Å². The first-order valence-electron chi connectivity index (χ1n) is 11.2. The summed E-state index contributed by atoms with van der Waals surface area (Å²) in [5.41, 5.74) is 2.30. The number of halogens is 1. The second kappa shape index (κ2) is 15.1. The van der Waals surface area contributed by atoms with E-state index in [1.165, 1.54) is 10.1 Å². The van der Waals surface area contributed by atoms with E-state index in [2.05, 4.69) is 84.2 Å². The van der Waals surface area contributed by atoms with Crippen LogP contribution in [0.3, 0.4) is 0 Å². The molecular formula is C26H33BBrN2OPbS. The summed E-state index contributed by atoms with van der Waals surface area (Å²) in [5, 5.41) is 10.7. The van der Waals surface area contributed by atoms with Gasteiger partial charge >= 0.3 is 165 Å². The normalized spacial score (nSPS) is 12.1. The van der Waals surface area contributed by atoms with Gasteiger partial charge in [0.05, 0.1) is 0 Å². The summed E-state index contributed by atoms with van der Waals surface area (Å²) in [6, 6.07) is 20.6. The first-order valence-corrected chi connectivity index (χ1v) is 14.7. The number of nitriles is 1. The van der Waals surface area contributed by atoms with Crippen LogP contribution in [-0.2, 0) is 11.1 Å². The average molecular weight is 720 g/mol. The maximum atomic E-state index is 9.45. The summed E-state index contributed by atoms with van der Waals surface area (Å²) < 4.78 is 8.86. The molecule has 173 valence electrons. The summed E-state index contributed by atoms with van der Waals surface area (Å²) in [6.45, 7) is 14.6. The third-order valence-corrected chi connectivity index (χ3v) is 7.29. The molecule has 0 amide bonds. The molecule has 0 aliphatic carbocycles. The Balaban J connectivity index is 0.000000464. The molecule has 1 unspecified atom stereocenters. The Morgan fingerprint density at radius 2 is 1.79 bits per heavy atom. The third-order valence-electron chi connectivity index (χ3n) is 4.05. The first-order chi connectivity index (χ1) is 15.6. The van der Waals surface area contributed by atoms with Gasteiger partial charge in [0.2, 0.25) is 0 Å².